The molecule has 5 aliphatic rings. The molecule has 0 spiro atoms. The summed E-state index contributed by atoms with van der Waals surface area (Å²) in [6.45, 7) is 5.74. The molecular formula is C29H41ClN4O4. The van der Waals surface area contributed by atoms with Gasteiger partial charge in [0.15, 0.2) is 5.89 Å². The molecule has 4 atom stereocenters. The lowest BCUT2D eigenvalue weighted by Gasteiger charge is -2.39. The van der Waals surface area contributed by atoms with Crippen molar-refractivity contribution in [1.29, 1.82) is 0 Å². The molecular weight excluding hydrogens is 504 g/mol. The van der Waals surface area contributed by atoms with Crippen molar-refractivity contribution in [2.45, 2.75) is 101 Å². The normalized spacial score (nSPS) is 35.4. The second-order valence-corrected chi connectivity index (χ2v) is 13.1. The third-order valence-corrected chi connectivity index (χ3v) is 10.7. The van der Waals surface area contributed by atoms with E-state index in [0.29, 0.717) is 48.4 Å². The average Bonchev–Trinajstić information content (AvgIpc) is 3.44. The summed E-state index contributed by atoms with van der Waals surface area (Å²) in [4.78, 5) is 46.3. The Morgan fingerprint density at radius 2 is 1.71 bits per heavy atom. The SMILES string of the molecule is Cc1oc(C2CCC(Cl)CC2)nc1CN1CCC(C2CCC3C(=O)N(C4CCC(=O)NC4=O)CC3C2)CC1. The molecule has 1 aromatic rings. The second kappa shape index (κ2) is 10.9. The summed E-state index contributed by atoms with van der Waals surface area (Å²) in [5, 5.41) is 2.72. The number of halogens is 1. The van der Waals surface area contributed by atoms with E-state index in [1.807, 2.05) is 6.92 Å². The topological polar surface area (TPSA) is 95.8 Å². The number of aromatic nitrogens is 1. The maximum Gasteiger partial charge on any atom is 0.249 e. The highest BCUT2D eigenvalue weighted by molar-refractivity contribution is 6.20. The number of oxazole rings is 1. The predicted octanol–water partition coefficient (Wildman–Crippen LogP) is 4.14. The van der Waals surface area contributed by atoms with Gasteiger partial charge in [-0.15, -0.1) is 11.6 Å². The van der Waals surface area contributed by atoms with Crippen LogP contribution in [0.15, 0.2) is 4.42 Å². The van der Waals surface area contributed by atoms with Gasteiger partial charge in [0.1, 0.15) is 11.8 Å². The Morgan fingerprint density at radius 1 is 0.947 bits per heavy atom. The van der Waals surface area contributed by atoms with E-state index in [1.54, 1.807) is 4.90 Å². The lowest BCUT2D eigenvalue weighted by molar-refractivity contribution is -0.144. The molecule has 0 bridgehead atoms. The fraction of sp³-hybridized carbons (Fsp3) is 0.793. The van der Waals surface area contributed by atoms with Gasteiger partial charge in [0.05, 0.1) is 5.69 Å². The molecule has 1 N–H and O–H groups in total. The first-order chi connectivity index (χ1) is 18.4. The second-order valence-electron chi connectivity index (χ2n) is 12.5. The Kier molecular flexibility index (Phi) is 7.55. The summed E-state index contributed by atoms with van der Waals surface area (Å²) < 4.78 is 6.11. The highest BCUT2D eigenvalue weighted by atomic mass is 35.5. The minimum absolute atomic E-state index is 0.0561. The van der Waals surface area contributed by atoms with E-state index in [1.165, 1.54) is 12.8 Å². The van der Waals surface area contributed by atoms with Gasteiger partial charge in [-0.2, -0.15) is 0 Å². The molecule has 8 nitrogen and oxygen atoms in total. The number of piperidine rings is 2. The molecule has 4 heterocycles. The van der Waals surface area contributed by atoms with Gasteiger partial charge in [0, 0.05) is 36.7 Å². The number of alkyl halides is 1. The molecule has 0 aromatic carbocycles. The van der Waals surface area contributed by atoms with E-state index < -0.39 is 6.04 Å². The zero-order chi connectivity index (χ0) is 26.4. The van der Waals surface area contributed by atoms with E-state index in [9.17, 15) is 14.4 Å². The summed E-state index contributed by atoms with van der Waals surface area (Å²) >= 11 is 6.28. The summed E-state index contributed by atoms with van der Waals surface area (Å²) in [6.07, 6.45) is 10.5. The lowest BCUT2D eigenvalue weighted by Crippen LogP contribution is -2.53. The van der Waals surface area contributed by atoms with Crippen LogP contribution in [-0.4, -0.2) is 63.6 Å². The maximum absolute atomic E-state index is 13.1. The van der Waals surface area contributed by atoms with Crippen LogP contribution < -0.4 is 5.32 Å². The third kappa shape index (κ3) is 5.27. The highest BCUT2D eigenvalue weighted by Crippen LogP contribution is 2.45. The number of aryl methyl sites for hydroxylation is 1. The number of carbonyl (C=O) groups excluding carboxylic acids is 3. The largest absolute Gasteiger partial charge is 0.445 e. The van der Waals surface area contributed by atoms with Crippen LogP contribution >= 0.6 is 11.6 Å². The minimum Gasteiger partial charge on any atom is -0.445 e. The van der Waals surface area contributed by atoms with Crippen LogP contribution in [0.2, 0.25) is 0 Å². The van der Waals surface area contributed by atoms with Gasteiger partial charge in [-0.1, -0.05) is 0 Å². The zero-order valence-electron chi connectivity index (χ0n) is 22.5. The van der Waals surface area contributed by atoms with Crippen LogP contribution in [0, 0.1) is 30.6 Å². The van der Waals surface area contributed by atoms with Crippen LogP contribution in [0.1, 0.15) is 93.9 Å². The molecule has 3 amide bonds. The van der Waals surface area contributed by atoms with Gasteiger partial charge >= 0.3 is 0 Å². The molecule has 2 saturated carbocycles. The Bertz CT molecular complexity index is 1060. The summed E-state index contributed by atoms with van der Waals surface area (Å²) in [5.41, 5.74) is 1.09. The average molecular weight is 545 g/mol. The van der Waals surface area contributed by atoms with Crippen LogP contribution in [0.4, 0.5) is 0 Å². The van der Waals surface area contributed by atoms with Gasteiger partial charge < -0.3 is 9.32 Å². The molecule has 3 saturated heterocycles. The molecule has 0 radical (unpaired) electrons. The first-order valence-electron chi connectivity index (χ1n) is 14.8. The lowest BCUT2D eigenvalue weighted by atomic mass is 9.69. The number of hydrogen-bond acceptors (Lipinski definition) is 6. The van der Waals surface area contributed by atoms with E-state index in [-0.39, 0.29) is 23.6 Å². The van der Waals surface area contributed by atoms with Gasteiger partial charge in [0.25, 0.3) is 0 Å². The van der Waals surface area contributed by atoms with Crippen molar-refractivity contribution in [3.63, 3.8) is 0 Å². The van der Waals surface area contributed by atoms with Crippen molar-refractivity contribution in [2.24, 2.45) is 23.7 Å². The fourth-order valence-corrected chi connectivity index (χ4v) is 8.19. The molecule has 208 valence electrons. The minimum atomic E-state index is -0.469. The van der Waals surface area contributed by atoms with Crippen molar-refractivity contribution in [2.75, 3.05) is 19.6 Å². The van der Waals surface area contributed by atoms with Gasteiger partial charge in [-0.25, -0.2) is 4.98 Å². The number of nitrogens with one attached hydrogen (secondary N) is 1. The molecule has 5 fully saturated rings. The Labute approximate surface area is 230 Å². The summed E-state index contributed by atoms with van der Waals surface area (Å²) in [6, 6.07) is -0.469. The predicted molar refractivity (Wildman–Crippen MR) is 142 cm³/mol. The molecule has 3 aliphatic heterocycles. The molecule has 4 unspecified atom stereocenters. The van der Waals surface area contributed by atoms with E-state index in [0.717, 1.165) is 81.9 Å². The number of carbonyl (C=O) groups is 3. The number of amides is 3. The van der Waals surface area contributed by atoms with Gasteiger partial charge in [-0.05, 0) is 102 Å². The quantitative estimate of drug-likeness (QED) is 0.442. The van der Waals surface area contributed by atoms with Crippen LogP contribution in [0.25, 0.3) is 0 Å². The van der Waals surface area contributed by atoms with Crippen LogP contribution in [-0.2, 0) is 20.9 Å². The van der Waals surface area contributed by atoms with Crippen molar-refractivity contribution in [1.82, 2.24) is 20.1 Å². The van der Waals surface area contributed by atoms with Gasteiger partial charge in [0.2, 0.25) is 17.7 Å². The van der Waals surface area contributed by atoms with Crippen LogP contribution in [0.5, 0.6) is 0 Å². The molecule has 9 heteroatoms. The molecule has 6 rings (SSSR count). The zero-order valence-corrected chi connectivity index (χ0v) is 23.3. The monoisotopic (exact) mass is 544 g/mol. The Hall–Kier alpha value is -1.93. The first kappa shape index (κ1) is 26.3. The van der Waals surface area contributed by atoms with Crippen molar-refractivity contribution >= 4 is 29.3 Å². The molecule has 2 aliphatic carbocycles. The molecule has 38 heavy (non-hydrogen) atoms. The van der Waals surface area contributed by atoms with E-state index in [4.69, 9.17) is 21.0 Å². The molecule has 1 aromatic heterocycles. The first-order valence-corrected chi connectivity index (χ1v) is 15.3. The van der Waals surface area contributed by atoms with E-state index in [2.05, 4.69) is 10.2 Å². The van der Waals surface area contributed by atoms with Crippen LogP contribution in [0.3, 0.4) is 0 Å². The number of nitrogens with zero attached hydrogens (tertiary/aromatic N) is 3. The third-order valence-electron chi connectivity index (χ3n) is 10.2. The number of likely N-dealkylation sites (tertiary alicyclic amines) is 2. The van der Waals surface area contributed by atoms with E-state index >= 15 is 0 Å². The number of hydrogen-bond donors (Lipinski definition) is 1. The smallest absolute Gasteiger partial charge is 0.249 e. The fourth-order valence-electron chi connectivity index (χ4n) is 7.94. The highest BCUT2D eigenvalue weighted by Gasteiger charge is 2.49. The summed E-state index contributed by atoms with van der Waals surface area (Å²) in [5.74, 6) is 3.64. The number of fused-ring (bicyclic) bond motifs is 1. The Balaban J connectivity index is 0.998. The van der Waals surface area contributed by atoms with Crippen molar-refractivity contribution in [3.05, 3.63) is 17.3 Å². The standard InChI is InChI=1S/C29H41ClN4O4/c1-17-24(31-28(38-17)19-2-5-22(30)6-3-19)16-33-12-10-18(11-13-33)20-4-7-23-21(14-20)15-34(29(23)37)25-8-9-26(35)32-27(25)36/h18-23,25H,2-16H2,1H3,(H,32,35,36). The number of rotatable bonds is 5. The number of imide groups is 1. The van der Waals surface area contributed by atoms with Crippen molar-refractivity contribution < 1.29 is 18.8 Å². The van der Waals surface area contributed by atoms with Crippen molar-refractivity contribution in [3.8, 4) is 0 Å². The maximum atomic E-state index is 13.1. The summed E-state index contributed by atoms with van der Waals surface area (Å²) in [7, 11) is 0. The Morgan fingerprint density at radius 3 is 2.45 bits per heavy atom. The van der Waals surface area contributed by atoms with Gasteiger partial charge in [-0.3, -0.25) is 24.6 Å².